The van der Waals surface area contributed by atoms with Crippen molar-refractivity contribution in [2.24, 2.45) is 0 Å². The van der Waals surface area contributed by atoms with Crippen molar-refractivity contribution in [1.82, 2.24) is 10.3 Å². The average molecular weight is 383 g/mol. The van der Waals surface area contributed by atoms with Crippen molar-refractivity contribution < 1.29 is 14.3 Å². The molecule has 2 N–H and O–H groups in total. The first-order valence-corrected chi connectivity index (χ1v) is 8.59. The Morgan fingerprint density at radius 3 is 2.84 bits per heavy atom. The van der Waals surface area contributed by atoms with Crippen molar-refractivity contribution in [2.75, 3.05) is 0 Å². The van der Waals surface area contributed by atoms with E-state index in [1.165, 1.54) is 12.3 Å². The minimum atomic E-state index is -2.25. The molecule has 2 atom stereocenters. The standard InChI is InChI=1S/C18H17Cl2FN2O2/c1-17(25)6-7-18(21,13-3-2-8-22-15(13)17)16(24)23-10-11-4-5-12(19)9-14(11)20/h2-5,8-9,25H,6-7,10H2,1H3,(H,23,24)/t17-,18-/m0/s1. The number of rotatable bonds is 3. The van der Waals surface area contributed by atoms with Gasteiger partial charge in [0.2, 0.25) is 5.67 Å². The monoisotopic (exact) mass is 382 g/mol. The number of aromatic nitrogens is 1. The van der Waals surface area contributed by atoms with Crippen LogP contribution in [0.15, 0.2) is 36.5 Å². The van der Waals surface area contributed by atoms with Crippen LogP contribution in [0.4, 0.5) is 4.39 Å². The summed E-state index contributed by atoms with van der Waals surface area (Å²) in [7, 11) is 0. The van der Waals surface area contributed by atoms with Gasteiger partial charge in [0.1, 0.15) is 5.60 Å². The van der Waals surface area contributed by atoms with Gasteiger partial charge in [-0.05, 0) is 43.5 Å². The highest BCUT2D eigenvalue weighted by Gasteiger charge is 2.50. The van der Waals surface area contributed by atoms with Crippen LogP contribution < -0.4 is 5.32 Å². The molecule has 1 aliphatic rings. The number of hydrogen-bond acceptors (Lipinski definition) is 3. The topological polar surface area (TPSA) is 62.2 Å². The van der Waals surface area contributed by atoms with Gasteiger partial charge in [-0.15, -0.1) is 0 Å². The molecule has 3 rings (SSSR count). The molecule has 0 aliphatic heterocycles. The van der Waals surface area contributed by atoms with Crippen LogP contribution in [0.2, 0.25) is 10.0 Å². The molecule has 7 heteroatoms. The first-order chi connectivity index (χ1) is 11.7. The lowest BCUT2D eigenvalue weighted by Crippen LogP contribution is -2.47. The SMILES string of the molecule is C[C@]1(O)CC[C@@](F)(C(=O)NCc2ccc(Cl)cc2Cl)c2cccnc21. The third-order valence-electron chi connectivity index (χ3n) is 4.52. The fourth-order valence-corrected chi connectivity index (χ4v) is 3.51. The Balaban J connectivity index is 1.84. The van der Waals surface area contributed by atoms with E-state index >= 15 is 4.39 Å². The fraction of sp³-hybridized carbons (Fsp3) is 0.333. The summed E-state index contributed by atoms with van der Waals surface area (Å²) >= 11 is 11.9. The number of carbonyl (C=O) groups excluding carboxylic acids is 1. The number of fused-ring (bicyclic) bond motifs is 1. The third kappa shape index (κ3) is 3.36. The summed E-state index contributed by atoms with van der Waals surface area (Å²) in [6.45, 7) is 1.65. The lowest BCUT2D eigenvalue weighted by molar-refractivity contribution is -0.136. The average Bonchev–Trinajstić information content (AvgIpc) is 2.58. The zero-order chi connectivity index (χ0) is 18.2. The number of nitrogens with one attached hydrogen (secondary N) is 1. The zero-order valence-electron chi connectivity index (χ0n) is 13.5. The number of alkyl halides is 1. The van der Waals surface area contributed by atoms with E-state index < -0.39 is 17.2 Å². The van der Waals surface area contributed by atoms with Crippen LogP contribution in [0.1, 0.15) is 36.6 Å². The molecule has 0 unspecified atom stereocenters. The molecule has 1 heterocycles. The number of nitrogens with zero attached hydrogens (tertiary/aromatic N) is 1. The maximum Gasteiger partial charge on any atom is 0.262 e. The van der Waals surface area contributed by atoms with Gasteiger partial charge in [-0.2, -0.15) is 0 Å². The van der Waals surface area contributed by atoms with E-state index in [9.17, 15) is 9.90 Å². The molecule has 0 bridgehead atoms. The summed E-state index contributed by atoms with van der Waals surface area (Å²) in [5.41, 5.74) is -2.57. The second kappa shape index (κ2) is 6.56. The van der Waals surface area contributed by atoms with Crippen molar-refractivity contribution in [3.63, 3.8) is 0 Å². The first-order valence-electron chi connectivity index (χ1n) is 7.83. The highest BCUT2D eigenvalue weighted by atomic mass is 35.5. The second-order valence-electron chi connectivity index (χ2n) is 6.39. The van der Waals surface area contributed by atoms with Crippen LogP contribution in [0.5, 0.6) is 0 Å². The Morgan fingerprint density at radius 1 is 1.36 bits per heavy atom. The summed E-state index contributed by atoms with van der Waals surface area (Å²) in [4.78, 5) is 16.7. The molecule has 0 spiro atoms. The van der Waals surface area contributed by atoms with Gasteiger partial charge < -0.3 is 10.4 Å². The predicted octanol–water partition coefficient (Wildman–Crippen LogP) is 3.87. The molecule has 0 saturated carbocycles. The maximum atomic E-state index is 15.6. The van der Waals surface area contributed by atoms with E-state index in [1.54, 1.807) is 31.2 Å². The van der Waals surface area contributed by atoms with E-state index in [4.69, 9.17) is 23.2 Å². The van der Waals surface area contributed by atoms with Crippen molar-refractivity contribution in [3.8, 4) is 0 Å². The summed E-state index contributed by atoms with van der Waals surface area (Å²) in [5.74, 6) is -0.775. The van der Waals surface area contributed by atoms with Crippen LogP contribution in [0.3, 0.4) is 0 Å². The van der Waals surface area contributed by atoms with Crippen molar-refractivity contribution >= 4 is 29.1 Å². The number of amides is 1. The van der Waals surface area contributed by atoms with E-state index in [-0.39, 0.29) is 30.6 Å². The molecule has 4 nitrogen and oxygen atoms in total. The van der Waals surface area contributed by atoms with Gasteiger partial charge in [-0.1, -0.05) is 35.3 Å². The molecule has 0 saturated heterocycles. The summed E-state index contributed by atoms with van der Waals surface area (Å²) in [6.07, 6.45) is 1.45. The number of aliphatic hydroxyl groups is 1. The van der Waals surface area contributed by atoms with Gasteiger partial charge in [-0.25, -0.2) is 4.39 Å². The number of halogens is 3. The third-order valence-corrected chi connectivity index (χ3v) is 5.10. The molecule has 1 aliphatic carbocycles. The summed E-state index contributed by atoms with van der Waals surface area (Å²) in [6, 6.07) is 7.93. The summed E-state index contributed by atoms with van der Waals surface area (Å²) in [5, 5.41) is 13.9. The minimum absolute atomic E-state index is 0.0759. The second-order valence-corrected chi connectivity index (χ2v) is 7.24. The van der Waals surface area contributed by atoms with E-state index in [0.717, 1.165) is 0 Å². The normalized spacial score (nSPS) is 25.3. The Morgan fingerprint density at radius 2 is 2.12 bits per heavy atom. The number of pyridine rings is 1. The Hall–Kier alpha value is -1.69. The van der Waals surface area contributed by atoms with Crippen LogP contribution in [-0.2, 0) is 22.6 Å². The van der Waals surface area contributed by atoms with Crippen LogP contribution in [-0.4, -0.2) is 16.0 Å². The lowest BCUT2D eigenvalue weighted by atomic mass is 9.75. The van der Waals surface area contributed by atoms with Gasteiger partial charge in [0.25, 0.3) is 5.91 Å². The van der Waals surface area contributed by atoms with Crippen LogP contribution in [0.25, 0.3) is 0 Å². The van der Waals surface area contributed by atoms with E-state index in [0.29, 0.717) is 15.6 Å². The Kier molecular flexibility index (Phi) is 4.75. The van der Waals surface area contributed by atoms with Gasteiger partial charge in [-0.3, -0.25) is 9.78 Å². The molecule has 1 aromatic heterocycles. The quantitative estimate of drug-likeness (QED) is 0.846. The van der Waals surface area contributed by atoms with Crippen LogP contribution in [0, 0.1) is 0 Å². The summed E-state index contributed by atoms with van der Waals surface area (Å²) < 4.78 is 15.6. The lowest BCUT2D eigenvalue weighted by Gasteiger charge is -2.37. The zero-order valence-corrected chi connectivity index (χ0v) is 15.0. The highest BCUT2D eigenvalue weighted by Crippen LogP contribution is 2.45. The first kappa shape index (κ1) is 18.1. The highest BCUT2D eigenvalue weighted by molar-refractivity contribution is 6.35. The van der Waals surface area contributed by atoms with Crippen molar-refractivity contribution in [1.29, 1.82) is 0 Å². The van der Waals surface area contributed by atoms with Gasteiger partial charge in [0.15, 0.2) is 0 Å². The molecule has 0 radical (unpaired) electrons. The Labute approximate surface area is 155 Å². The smallest absolute Gasteiger partial charge is 0.262 e. The fourth-order valence-electron chi connectivity index (χ4n) is 3.04. The molecule has 25 heavy (non-hydrogen) atoms. The molecule has 0 fully saturated rings. The van der Waals surface area contributed by atoms with Gasteiger partial charge in [0.05, 0.1) is 5.69 Å². The molecule has 1 aromatic carbocycles. The number of benzene rings is 1. The maximum absolute atomic E-state index is 15.6. The van der Waals surface area contributed by atoms with E-state index in [1.807, 2.05) is 0 Å². The molecule has 2 aromatic rings. The molecule has 1 amide bonds. The number of hydrogen-bond donors (Lipinski definition) is 2. The molecule has 132 valence electrons. The number of carbonyl (C=O) groups is 1. The van der Waals surface area contributed by atoms with Crippen LogP contribution >= 0.6 is 23.2 Å². The van der Waals surface area contributed by atoms with E-state index in [2.05, 4.69) is 10.3 Å². The van der Waals surface area contributed by atoms with Crippen molar-refractivity contribution in [2.45, 2.75) is 37.6 Å². The minimum Gasteiger partial charge on any atom is -0.384 e. The van der Waals surface area contributed by atoms with Gasteiger partial charge in [0, 0.05) is 28.4 Å². The predicted molar refractivity (Wildman–Crippen MR) is 94.1 cm³/mol. The molecular formula is C18H17Cl2FN2O2. The Bertz CT molecular complexity index is 828. The molecular weight excluding hydrogens is 366 g/mol. The van der Waals surface area contributed by atoms with Crippen molar-refractivity contribution in [3.05, 3.63) is 63.4 Å². The van der Waals surface area contributed by atoms with Gasteiger partial charge >= 0.3 is 0 Å². The largest absolute Gasteiger partial charge is 0.384 e.